The zero-order valence-corrected chi connectivity index (χ0v) is 11.1. The van der Waals surface area contributed by atoms with Crippen LogP contribution in [0.25, 0.3) is 0 Å². The van der Waals surface area contributed by atoms with Gasteiger partial charge in [0.05, 0.1) is 25.6 Å². The van der Waals surface area contributed by atoms with Gasteiger partial charge in [-0.3, -0.25) is 9.59 Å². The second-order valence-corrected chi connectivity index (χ2v) is 4.66. The van der Waals surface area contributed by atoms with Crippen molar-refractivity contribution in [3.63, 3.8) is 0 Å². The van der Waals surface area contributed by atoms with Crippen molar-refractivity contribution < 1.29 is 29.0 Å². The predicted octanol–water partition coefficient (Wildman–Crippen LogP) is 0.0781. The van der Waals surface area contributed by atoms with Crippen LogP contribution in [0.1, 0.15) is 32.1 Å². The summed E-state index contributed by atoms with van der Waals surface area (Å²) < 4.78 is 9.68. The van der Waals surface area contributed by atoms with E-state index in [4.69, 9.17) is 9.84 Å². The van der Waals surface area contributed by atoms with E-state index in [9.17, 15) is 14.4 Å². The maximum atomic E-state index is 11.8. The highest BCUT2D eigenvalue weighted by Gasteiger charge is 2.39. The van der Waals surface area contributed by atoms with Gasteiger partial charge in [0.2, 0.25) is 5.91 Å². The first kappa shape index (κ1) is 15.4. The number of esters is 1. The molecule has 1 amide bonds. The quantitative estimate of drug-likeness (QED) is 0.637. The highest BCUT2D eigenvalue weighted by atomic mass is 16.5. The lowest BCUT2D eigenvalue weighted by Crippen LogP contribution is -2.48. The zero-order chi connectivity index (χ0) is 14.5. The fourth-order valence-corrected chi connectivity index (χ4v) is 2.01. The number of hydrogen-bond donors (Lipinski definition) is 2. The maximum absolute atomic E-state index is 11.8. The number of carboxylic acid groups (broad SMARTS) is 1. The molecule has 0 aromatic heterocycles. The van der Waals surface area contributed by atoms with Gasteiger partial charge in [0, 0.05) is 7.11 Å². The predicted molar refractivity (Wildman–Crippen MR) is 64.4 cm³/mol. The standard InChI is InChI=1S/C12H19NO6/c1-18-10(15)6-8(11(16)17)13-9(14)7-12(19-2)4-3-5-12/h8H,3-7H2,1-2H3,(H,13,14)(H,16,17)/t8-/m0/s1. The zero-order valence-electron chi connectivity index (χ0n) is 11.1. The van der Waals surface area contributed by atoms with E-state index in [-0.39, 0.29) is 6.42 Å². The molecule has 0 unspecified atom stereocenters. The number of amides is 1. The van der Waals surface area contributed by atoms with Gasteiger partial charge in [-0.05, 0) is 19.3 Å². The molecule has 2 N–H and O–H groups in total. The average Bonchev–Trinajstić information content (AvgIpc) is 2.32. The molecule has 0 aromatic carbocycles. The number of carbonyl (C=O) groups excluding carboxylic acids is 2. The van der Waals surface area contributed by atoms with Gasteiger partial charge >= 0.3 is 11.9 Å². The van der Waals surface area contributed by atoms with Gasteiger partial charge in [-0.25, -0.2) is 4.79 Å². The SMILES string of the molecule is COC(=O)C[C@H](NC(=O)CC1(OC)CCC1)C(=O)O. The second kappa shape index (κ2) is 6.51. The van der Waals surface area contributed by atoms with Crippen LogP contribution in [0.5, 0.6) is 0 Å². The van der Waals surface area contributed by atoms with Crippen molar-refractivity contribution in [2.75, 3.05) is 14.2 Å². The van der Waals surface area contributed by atoms with E-state index < -0.39 is 35.9 Å². The van der Waals surface area contributed by atoms with Gasteiger partial charge in [0.25, 0.3) is 0 Å². The first-order chi connectivity index (χ1) is 8.92. The number of rotatable bonds is 7. The summed E-state index contributed by atoms with van der Waals surface area (Å²) in [5.41, 5.74) is -0.474. The molecule has 1 aliphatic carbocycles. The summed E-state index contributed by atoms with van der Waals surface area (Å²) in [6.45, 7) is 0. The molecule has 0 bridgehead atoms. The summed E-state index contributed by atoms with van der Waals surface area (Å²) in [6.07, 6.45) is 2.27. The number of hydrogen-bond acceptors (Lipinski definition) is 5. The number of nitrogens with one attached hydrogen (secondary N) is 1. The molecule has 108 valence electrons. The van der Waals surface area contributed by atoms with E-state index in [2.05, 4.69) is 10.1 Å². The molecule has 0 heterocycles. The van der Waals surface area contributed by atoms with Crippen LogP contribution in [0.4, 0.5) is 0 Å². The monoisotopic (exact) mass is 273 g/mol. The van der Waals surface area contributed by atoms with Crippen molar-refractivity contribution >= 4 is 17.8 Å². The van der Waals surface area contributed by atoms with Crippen molar-refractivity contribution in [2.45, 2.75) is 43.7 Å². The maximum Gasteiger partial charge on any atom is 0.326 e. The third-order valence-corrected chi connectivity index (χ3v) is 3.41. The van der Waals surface area contributed by atoms with E-state index in [0.29, 0.717) is 0 Å². The first-order valence-corrected chi connectivity index (χ1v) is 6.06. The Labute approximate surface area is 111 Å². The van der Waals surface area contributed by atoms with Crippen molar-refractivity contribution in [3.8, 4) is 0 Å². The average molecular weight is 273 g/mol. The normalized spacial score (nSPS) is 18.0. The summed E-state index contributed by atoms with van der Waals surface area (Å²) in [7, 11) is 2.70. The molecular formula is C12H19NO6. The Morgan fingerprint density at radius 2 is 1.95 bits per heavy atom. The van der Waals surface area contributed by atoms with Gasteiger partial charge in [0.1, 0.15) is 6.04 Å². The molecule has 1 aliphatic rings. The van der Waals surface area contributed by atoms with Crippen LogP contribution >= 0.6 is 0 Å². The fourth-order valence-electron chi connectivity index (χ4n) is 2.01. The first-order valence-electron chi connectivity index (χ1n) is 6.06. The fraction of sp³-hybridized carbons (Fsp3) is 0.750. The summed E-state index contributed by atoms with van der Waals surface area (Å²) in [5, 5.41) is 11.3. The second-order valence-electron chi connectivity index (χ2n) is 4.66. The Bertz CT molecular complexity index is 358. The molecule has 1 atom stereocenters. The molecule has 0 saturated heterocycles. The van der Waals surface area contributed by atoms with E-state index in [1.165, 1.54) is 7.11 Å². The Hall–Kier alpha value is -1.63. The highest BCUT2D eigenvalue weighted by molar-refractivity contribution is 5.87. The van der Waals surface area contributed by atoms with Crippen molar-refractivity contribution in [3.05, 3.63) is 0 Å². The van der Waals surface area contributed by atoms with Crippen LogP contribution in [0.2, 0.25) is 0 Å². The van der Waals surface area contributed by atoms with Crippen LogP contribution in [0.3, 0.4) is 0 Å². The summed E-state index contributed by atoms with van der Waals surface area (Å²) in [5.74, 6) is -2.38. The third kappa shape index (κ3) is 4.20. The smallest absolute Gasteiger partial charge is 0.326 e. The molecule has 0 aliphatic heterocycles. The lowest BCUT2D eigenvalue weighted by atomic mass is 9.77. The minimum Gasteiger partial charge on any atom is -0.480 e. The van der Waals surface area contributed by atoms with Crippen molar-refractivity contribution in [2.24, 2.45) is 0 Å². The van der Waals surface area contributed by atoms with E-state index >= 15 is 0 Å². The topological polar surface area (TPSA) is 102 Å². The Balaban J connectivity index is 2.51. The van der Waals surface area contributed by atoms with Crippen LogP contribution in [0, 0.1) is 0 Å². The van der Waals surface area contributed by atoms with Crippen LogP contribution in [-0.2, 0) is 23.9 Å². The summed E-state index contributed by atoms with van der Waals surface area (Å²) in [6, 6.07) is -1.27. The van der Waals surface area contributed by atoms with Gasteiger partial charge in [-0.1, -0.05) is 0 Å². The molecule has 0 spiro atoms. The molecule has 1 rings (SSSR count). The summed E-state index contributed by atoms with van der Waals surface area (Å²) in [4.78, 5) is 33.8. The van der Waals surface area contributed by atoms with Crippen LogP contribution in [0.15, 0.2) is 0 Å². The number of ether oxygens (including phenoxy) is 2. The van der Waals surface area contributed by atoms with Crippen LogP contribution in [-0.4, -0.2) is 48.8 Å². The lowest BCUT2D eigenvalue weighted by Gasteiger charge is -2.40. The van der Waals surface area contributed by atoms with Gasteiger partial charge in [-0.15, -0.1) is 0 Å². The van der Waals surface area contributed by atoms with E-state index in [1.807, 2.05) is 0 Å². The van der Waals surface area contributed by atoms with E-state index in [0.717, 1.165) is 26.4 Å². The molecule has 0 radical (unpaired) electrons. The Kier molecular flexibility index (Phi) is 5.29. The molecule has 1 saturated carbocycles. The number of carboxylic acids is 1. The minimum absolute atomic E-state index is 0.106. The lowest BCUT2D eigenvalue weighted by molar-refractivity contribution is -0.150. The number of aliphatic carboxylic acids is 1. The highest BCUT2D eigenvalue weighted by Crippen LogP contribution is 2.37. The van der Waals surface area contributed by atoms with Crippen molar-refractivity contribution in [1.82, 2.24) is 5.32 Å². The molecule has 1 fully saturated rings. The van der Waals surface area contributed by atoms with E-state index in [1.54, 1.807) is 0 Å². The number of methoxy groups -OCH3 is 2. The Morgan fingerprint density at radius 1 is 1.32 bits per heavy atom. The van der Waals surface area contributed by atoms with Crippen LogP contribution < -0.4 is 5.32 Å². The van der Waals surface area contributed by atoms with Gasteiger partial charge in [0.15, 0.2) is 0 Å². The largest absolute Gasteiger partial charge is 0.480 e. The third-order valence-electron chi connectivity index (χ3n) is 3.41. The molecule has 0 aromatic rings. The molecular weight excluding hydrogens is 254 g/mol. The minimum atomic E-state index is -1.27. The van der Waals surface area contributed by atoms with Crippen molar-refractivity contribution in [1.29, 1.82) is 0 Å². The van der Waals surface area contributed by atoms with Gasteiger partial charge < -0.3 is 19.9 Å². The van der Waals surface area contributed by atoms with Gasteiger partial charge in [-0.2, -0.15) is 0 Å². The summed E-state index contributed by atoms with van der Waals surface area (Å²) >= 11 is 0. The Morgan fingerprint density at radius 3 is 2.32 bits per heavy atom. The molecule has 7 heteroatoms. The molecule has 19 heavy (non-hydrogen) atoms. The number of carbonyl (C=O) groups is 3. The molecule has 7 nitrogen and oxygen atoms in total.